The summed E-state index contributed by atoms with van der Waals surface area (Å²) in [5, 5.41) is 10.4. The van der Waals surface area contributed by atoms with E-state index in [0.717, 1.165) is 12.8 Å². The highest BCUT2D eigenvalue weighted by molar-refractivity contribution is 4.97. The number of hydrogen-bond acceptors (Lipinski definition) is 2. The van der Waals surface area contributed by atoms with Crippen LogP contribution in [-0.4, -0.2) is 34.2 Å². The number of hydrogen-bond donors (Lipinski definition) is 1. The molecule has 1 aliphatic carbocycles. The van der Waals surface area contributed by atoms with Gasteiger partial charge in [0.25, 0.3) is 0 Å². The lowest BCUT2D eigenvalue weighted by atomic mass is 9.73. The van der Waals surface area contributed by atoms with Crippen LogP contribution >= 0.6 is 0 Å². The van der Waals surface area contributed by atoms with Gasteiger partial charge in [0.2, 0.25) is 0 Å². The number of aliphatic hydroxyl groups excluding tert-OH is 1. The molecule has 100 valence electrons. The lowest BCUT2D eigenvalue weighted by Gasteiger charge is -2.46. The third-order valence-electron chi connectivity index (χ3n) is 5.03. The third-order valence-corrected chi connectivity index (χ3v) is 5.03. The molecule has 1 saturated heterocycles. The summed E-state index contributed by atoms with van der Waals surface area (Å²) in [7, 11) is 0. The van der Waals surface area contributed by atoms with E-state index < -0.39 is 0 Å². The number of aliphatic hydroxyl groups is 1. The average molecular weight is 239 g/mol. The van der Waals surface area contributed by atoms with Crippen molar-refractivity contribution < 1.29 is 5.11 Å². The quantitative estimate of drug-likeness (QED) is 0.800. The summed E-state index contributed by atoms with van der Waals surface area (Å²) in [5.41, 5.74) is 0.407. The molecule has 4 unspecified atom stereocenters. The van der Waals surface area contributed by atoms with Crippen molar-refractivity contribution in [3.05, 3.63) is 0 Å². The maximum absolute atomic E-state index is 10.4. The minimum Gasteiger partial charge on any atom is -0.391 e. The minimum atomic E-state index is -0.0994. The third kappa shape index (κ3) is 2.68. The van der Waals surface area contributed by atoms with Crippen molar-refractivity contribution in [2.24, 2.45) is 5.41 Å². The van der Waals surface area contributed by atoms with Gasteiger partial charge in [-0.05, 0) is 50.9 Å². The van der Waals surface area contributed by atoms with Crippen LogP contribution in [-0.2, 0) is 0 Å². The monoisotopic (exact) mass is 239 g/mol. The van der Waals surface area contributed by atoms with Crippen molar-refractivity contribution in [3.8, 4) is 0 Å². The van der Waals surface area contributed by atoms with Crippen molar-refractivity contribution in [3.63, 3.8) is 0 Å². The van der Waals surface area contributed by atoms with Crippen molar-refractivity contribution in [1.29, 1.82) is 0 Å². The van der Waals surface area contributed by atoms with Crippen LogP contribution < -0.4 is 0 Å². The van der Waals surface area contributed by atoms with E-state index in [4.69, 9.17) is 0 Å². The smallest absolute Gasteiger partial charge is 0.0696 e. The van der Waals surface area contributed by atoms with Crippen LogP contribution in [0.3, 0.4) is 0 Å². The van der Waals surface area contributed by atoms with Gasteiger partial charge in [0.05, 0.1) is 6.10 Å². The molecule has 0 bridgehead atoms. The van der Waals surface area contributed by atoms with Gasteiger partial charge in [0.1, 0.15) is 0 Å². The Kier molecular flexibility index (Phi) is 3.84. The number of nitrogens with zero attached hydrogens (tertiary/aromatic N) is 1. The van der Waals surface area contributed by atoms with Crippen LogP contribution in [0.15, 0.2) is 0 Å². The van der Waals surface area contributed by atoms with Gasteiger partial charge >= 0.3 is 0 Å². The van der Waals surface area contributed by atoms with Gasteiger partial charge in [-0.2, -0.15) is 0 Å². The van der Waals surface area contributed by atoms with E-state index >= 15 is 0 Å². The fraction of sp³-hybridized carbons (Fsp3) is 1.00. The molecule has 4 atom stereocenters. The first-order chi connectivity index (χ1) is 7.94. The number of likely N-dealkylation sites (tertiary alicyclic amines) is 1. The average Bonchev–Trinajstić information content (AvgIpc) is 2.63. The van der Waals surface area contributed by atoms with E-state index in [1.54, 1.807) is 0 Å². The summed E-state index contributed by atoms with van der Waals surface area (Å²) in [5.74, 6) is 0. The van der Waals surface area contributed by atoms with E-state index in [0.29, 0.717) is 23.5 Å². The zero-order chi connectivity index (χ0) is 12.6. The molecule has 0 aromatic carbocycles. The van der Waals surface area contributed by atoms with E-state index in [-0.39, 0.29) is 6.10 Å². The summed E-state index contributed by atoms with van der Waals surface area (Å²) in [4.78, 5) is 2.64. The summed E-state index contributed by atoms with van der Waals surface area (Å²) in [6.07, 6.45) is 7.07. The first-order valence-electron chi connectivity index (χ1n) is 7.40. The molecule has 1 N–H and O–H groups in total. The van der Waals surface area contributed by atoms with E-state index in [2.05, 4.69) is 32.6 Å². The Balaban J connectivity index is 2.13. The van der Waals surface area contributed by atoms with Gasteiger partial charge in [0.15, 0.2) is 0 Å². The molecule has 1 saturated carbocycles. The normalized spacial score (nSPS) is 42.9. The van der Waals surface area contributed by atoms with E-state index in [9.17, 15) is 5.11 Å². The van der Waals surface area contributed by atoms with Gasteiger partial charge in [-0.15, -0.1) is 0 Å². The molecule has 0 spiro atoms. The lowest BCUT2D eigenvalue weighted by molar-refractivity contribution is -0.0355. The second-order valence-electron chi connectivity index (χ2n) is 6.98. The Bertz CT molecular complexity index is 264. The van der Waals surface area contributed by atoms with Crippen LogP contribution in [0.5, 0.6) is 0 Å². The molecule has 0 aromatic heterocycles. The molecule has 1 aliphatic heterocycles. The minimum absolute atomic E-state index is 0.0994. The Morgan fingerprint density at radius 2 is 1.94 bits per heavy atom. The molecule has 1 heterocycles. The second-order valence-corrected chi connectivity index (χ2v) is 6.98. The van der Waals surface area contributed by atoms with E-state index in [1.807, 2.05) is 0 Å². The largest absolute Gasteiger partial charge is 0.391 e. The molecular weight excluding hydrogens is 210 g/mol. The first kappa shape index (κ1) is 13.4. The van der Waals surface area contributed by atoms with Crippen LogP contribution in [0.1, 0.15) is 66.2 Å². The SMILES string of the molecule is CCC1CCC(C)N1C1CC(C)(C)CCC1O. The summed E-state index contributed by atoms with van der Waals surface area (Å²) >= 11 is 0. The van der Waals surface area contributed by atoms with E-state index in [1.165, 1.54) is 25.7 Å². The van der Waals surface area contributed by atoms with Crippen molar-refractivity contribution in [1.82, 2.24) is 4.90 Å². The van der Waals surface area contributed by atoms with Crippen LogP contribution in [0.25, 0.3) is 0 Å². The van der Waals surface area contributed by atoms with Gasteiger partial charge in [-0.25, -0.2) is 0 Å². The van der Waals surface area contributed by atoms with Crippen LogP contribution in [0.4, 0.5) is 0 Å². The predicted molar refractivity (Wildman–Crippen MR) is 72.0 cm³/mol. The molecule has 2 rings (SSSR count). The standard InChI is InChI=1S/C15H29NO/c1-5-12-7-6-11(2)16(12)13-10-15(3,4)9-8-14(13)17/h11-14,17H,5-10H2,1-4H3. The topological polar surface area (TPSA) is 23.5 Å². The highest BCUT2D eigenvalue weighted by Crippen LogP contribution is 2.41. The van der Waals surface area contributed by atoms with Crippen molar-refractivity contribution >= 4 is 0 Å². The molecule has 17 heavy (non-hydrogen) atoms. The van der Waals surface area contributed by atoms with Gasteiger partial charge in [-0.1, -0.05) is 20.8 Å². The Morgan fingerprint density at radius 3 is 2.59 bits per heavy atom. The van der Waals surface area contributed by atoms with Crippen LogP contribution in [0.2, 0.25) is 0 Å². The first-order valence-corrected chi connectivity index (χ1v) is 7.40. The maximum Gasteiger partial charge on any atom is 0.0696 e. The summed E-state index contributed by atoms with van der Waals surface area (Å²) < 4.78 is 0. The molecular formula is C15H29NO. The Hall–Kier alpha value is -0.0800. The van der Waals surface area contributed by atoms with Crippen molar-refractivity contribution in [2.45, 2.75) is 90.4 Å². The molecule has 2 aliphatic rings. The maximum atomic E-state index is 10.4. The summed E-state index contributed by atoms with van der Waals surface area (Å²) in [6.45, 7) is 9.33. The zero-order valence-corrected chi connectivity index (χ0v) is 11.9. The van der Waals surface area contributed by atoms with Gasteiger partial charge in [-0.3, -0.25) is 4.90 Å². The molecule has 0 radical (unpaired) electrons. The molecule has 0 amide bonds. The molecule has 2 fully saturated rings. The van der Waals surface area contributed by atoms with Gasteiger partial charge < -0.3 is 5.11 Å². The molecule has 2 heteroatoms. The van der Waals surface area contributed by atoms with Gasteiger partial charge in [0, 0.05) is 18.1 Å². The fourth-order valence-electron chi connectivity index (χ4n) is 3.94. The molecule has 2 nitrogen and oxygen atoms in total. The highest BCUT2D eigenvalue weighted by Gasteiger charge is 2.42. The Morgan fingerprint density at radius 1 is 1.24 bits per heavy atom. The highest BCUT2D eigenvalue weighted by atomic mass is 16.3. The summed E-state index contributed by atoms with van der Waals surface area (Å²) in [6, 6.07) is 1.77. The fourth-order valence-corrected chi connectivity index (χ4v) is 3.94. The number of rotatable bonds is 2. The zero-order valence-electron chi connectivity index (χ0n) is 11.9. The predicted octanol–water partition coefficient (Wildman–Crippen LogP) is 3.19. The van der Waals surface area contributed by atoms with Crippen molar-refractivity contribution in [2.75, 3.05) is 0 Å². The van der Waals surface area contributed by atoms with Crippen LogP contribution in [0, 0.1) is 5.41 Å². The molecule has 0 aromatic rings. The Labute approximate surface area is 106 Å². The lowest BCUT2D eigenvalue weighted by Crippen LogP contribution is -2.53. The second kappa shape index (κ2) is 4.89.